The summed E-state index contributed by atoms with van der Waals surface area (Å²) in [4.78, 5) is 0. The third-order valence-corrected chi connectivity index (χ3v) is 2.97. The zero-order valence-electron chi connectivity index (χ0n) is 10.2. The molecule has 1 fully saturated rings. The first-order valence-electron chi connectivity index (χ1n) is 6.02. The van der Waals surface area contributed by atoms with E-state index in [0.717, 1.165) is 25.4 Å². The number of hydrogen-bond donors (Lipinski definition) is 1. The highest BCUT2D eigenvalue weighted by molar-refractivity contribution is 4.97. The molecule has 1 aliphatic carbocycles. The Balaban J connectivity index is 2.39. The van der Waals surface area contributed by atoms with E-state index in [1.54, 1.807) is 0 Å². The van der Waals surface area contributed by atoms with E-state index in [1.165, 1.54) is 12.8 Å². The number of hydrogen-bond acceptors (Lipinski definition) is 2. The van der Waals surface area contributed by atoms with Crippen LogP contribution in [-0.4, -0.2) is 25.8 Å². The summed E-state index contributed by atoms with van der Waals surface area (Å²) in [5.41, 5.74) is 0. The zero-order valence-corrected chi connectivity index (χ0v) is 10.2. The van der Waals surface area contributed by atoms with Crippen molar-refractivity contribution in [3.63, 3.8) is 0 Å². The molecule has 0 radical (unpaired) electrons. The Hall–Kier alpha value is -0.520. The van der Waals surface area contributed by atoms with Gasteiger partial charge in [-0.05, 0) is 46.1 Å². The van der Waals surface area contributed by atoms with Crippen molar-refractivity contribution in [3.05, 3.63) is 0 Å². The molecule has 1 aliphatic rings. The Kier molecular flexibility index (Phi) is 5.75. The van der Waals surface area contributed by atoms with Gasteiger partial charge in [0.15, 0.2) is 0 Å². The van der Waals surface area contributed by atoms with E-state index in [0.29, 0.717) is 12.1 Å². The molecule has 15 heavy (non-hydrogen) atoms. The van der Waals surface area contributed by atoms with Gasteiger partial charge in [0.1, 0.15) is 0 Å². The van der Waals surface area contributed by atoms with Gasteiger partial charge < -0.3 is 10.1 Å². The van der Waals surface area contributed by atoms with Crippen molar-refractivity contribution in [2.45, 2.75) is 51.7 Å². The summed E-state index contributed by atoms with van der Waals surface area (Å²) in [6.07, 6.45) is 5.14. The molecule has 1 N–H and O–H groups in total. The summed E-state index contributed by atoms with van der Waals surface area (Å²) in [6, 6.07) is 0.471. The van der Waals surface area contributed by atoms with Crippen LogP contribution in [-0.2, 0) is 4.74 Å². The molecule has 86 valence electrons. The highest BCUT2D eigenvalue weighted by Gasteiger charge is 2.36. The van der Waals surface area contributed by atoms with Crippen molar-refractivity contribution >= 4 is 0 Å². The summed E-state index contributed by atoms with van der Waals surface area (Å²) in [6.45, 7) is 4.79. The van der Waals surface area contributed by atoms with Gasteiger partial charge in [-0.1, -0.05) is 0 Å². The van der Waals surface area contributed by atoms with Crippen LogP contribution in [0.25, 0.3) is 0 Å². The Morgan fingerprint density at radius 2 is 2.20 bits per heavy atom. The molecule has 0 aromatic carbocycles. The largest absolute Gasteiger partial charge is 0.377 e. The van der Waals surface area contributed by atoms with E-state index < -0.39 is 0 Å². The fourth-order valence-corrected chi connectivity index (χ4v) is 2.02. The van der Waals surface area contributed by atoms with E-state index in [4.69, 9.17) is 4.74 Å². The highest BCUT2D eigenvalue weighted by atomic mass is 16.5. The van der Waals surface area contributed by atoms with Crippen LogP contribution in [0, 0.1) is 17.8 Å². The predicted molar refractivity (Wildman–Crippen MR) is 63.7 cm³/mol. The smallest absolute Gasteiger partial charge is 0.0756 e. The second-order valence-corrected chi connectivity index (χ2v) is 4.12. The molecule has 0 saturated heterocycles. The molecule has 0 spiro atoms. The maximum atomic E-state index is 5.84. The fourth-order valence-electron chi connectivity index (χ4n) is 2.02. The van der Waals surface area contributed by atoms with E-state index in [9.17, 15) is 0 Å². The molecule has 0 aromatic rings. The van der Waals surface area contributed by atoms with Gasteiger partial charge in [-0.15, -0.1) is 11.8 Å². The monoisotopic (exact) mass is 209 g/mol. The maximum Gasteiger partial charge on any atom is 0.0756 e. The van der Waals surface area contributed by atoms with Crippen LogP contribution in [0.1, 0.15) is 39.5 Å². The summed E-state index contributed by atoms with van der Waals surface area (Å²) in [7, 11) is 2.03. The average molecular weight is 209 g/mol. The Bertz CT molecular complexity index is 224. The van der Waals surface area contributed by atoms with Crippen molar-refractivity contribution in [2.24, 2.45) is 5.92 Å². The van der Waals surface area contributed by atoms with Gasteiger partial charge in [0.2, 0.25) is 0 Å². The van der Waals surface area contributed by atoms with Crippen molar-refractivity contribution in [1.29, 1.82) is 0 Å². The number of nitrogens with one attached hydrogen (secondary N) is 1. The minimum absolute atomic E-state index is 0.402. The van der Waals surface area contributed by atoms with Crippen LogP contribution >= 0.6 is 0 Å². The second-order valence-electron chi connectivity index (χ2n) is 4.12. The SMILES string of the molecule is CC#CCCC(NC)C(OCC)C1CC1. The van der Waals surface area contributed by atoms with Gasteiger partial charge in [0, 0.05) is 19.1 Å². The molecule has 2 nitrogen and oxygen atoms in total. The lowest BCUT2D eigenvalue weighted by Crippen LogP contribution is -2.40. The molecule has 2 atom stereocenters. The molecule has 0 amide bonds. The molecular weight excluding hydrogens is 186 g/mol. The lowest BCUT2D eigenvalue weighted by atomic mass is 10.0. The lowest BCUT2D eigenvalue weighted by Gasteiger charge is -2.26. The van der Waals surface area contributed by atoms with E-state index in [-0.39, 0.29) is 0 Å². The van der Waals surface area contributed by atoms with Crippen molar-refractivity contribution in [3.8, 4) is 11.8 Å². The first-order valence-corrected chi connectivity index (χ1v) is 6.02. The van der Waals surface area contributed by atoms with Gasteiger partial charge in [-0.2, -0.15) is 0 Å². The van der Waals surface area contributed by atoms with Crippen LogP contribution in [0.15, 0.2) is 0 Å². The molecular formula is C13H23NO. The second kappa shape index (κ2) is 6.87. The molecule has 0 bridgehead atoms. The summed E-state index contributed by atoms with van der Waals surface area (Å²) < 4.78 is 5.84. The van der Waals surface area contributed by atoms with E-state index in [2.05, 4.69) is 24.1 Å². The molecule has 2 heteroatoms. The van der Waals surface area contributed by atoms with E-state index in [1.807, 2.05) is 14.0 Å². The molecule has 0 aromatic heterocycles. The van der Waals surface area contributed by atoms with E-state index >= 15 is 0 Å². The molecule has 1 saturated carbocycles. The Morgan fingerprint density at radius 3 is 2.67 bits per heavy atom. The van der Waals surface area contributed by atoms with Crippen LogP contribution in [0.4, 0.5) is 0 Å². The van der Waals surface area contributed by atoms with Crippen molar-refractivity contribution in [1.82, 2.24) is 5.32 Å². The first-order chi connectivity index (χ1) is 7.33. The standard InChI is InChI=1S/C13H23NO/c1-4-6-7-8-12(14-3)13(15-5-2)11-9-10-11/h11-14H,5,7-10H2,1-3H3. The van der Waals surface area contributed by atoms with Gasteiger partial charge in [0.05, 0.1) is 6.10 Å². The number of ether oxygens (including phenoxy) is 1. The Morgan fingerprint density at radius 1 is 1.47 bits per heavy atom. The summed E-state index contributed by atoms with van der Waals surface area (Å²) in [5, 5.41) is 3.37. The lowest BCUT2D eigenvalue weighted by molar-refractivity contribution is 0.0193. The first kappa shape index (κ1) is 12.5. The van der Waals surface area contributed by atoms with Crippen molar-refractivity contribution < 1.29 is 4.74 Å². The van der Waals surface area contributed by atoms with Gasteiger partial charge in [0.25, 0.3) is 0 Å². The highest BCUT2D eigenvalue weighted by Crippen LogP contribution is 2.36. The fraction of sp³-hybridized carbons (Fsp3) is 0.846. The number of likely N-dealkylation sites (N-methyl/N-ethyl adjacent to an activating group) is 1. The molecule has 0 aliphatic heterocycles. The minimum Gasteiger partial charge on any atom is -0.377 e. The van der Waals surface area contributed by atoms with Crippen LogP contribution in [0.2, 0.25) is 0 Å². The minimum atomic E-state index is 0.402. The van der Waals surface area contributed by atoms with Crippen LogP contribution in [0.5, 0.6) is 0 Å². The maximum absolute atomic E-state index is 5.84. The summed E-state index contributed by atoms with van der Waals surface area (Å²) in [5.74, 6) is 6.86. The van der Waals surface area contributed by atoms with Crippen LogP contribution in [0.3, 0.4) is 0 Å². The number of rotatable bonds is 7. The third-order valence-electron chi connectivity index (χ3n) is 2.97. The van der Waals surface area contributed by atoms with Crippen LogP contribution < -0.4 is 5.32 Å². The molecule has 1 rings (SSSR count). The van der Waals surface area contributed by atoms with Gasteiger partial charge in [-0.3, -0.25) is 0 Å². The third kappa shape index (κ3) is 4.24. The van der Waals surface area contributed by atoms with Gasteiger partial charge >= 0.3 is 0 Å². The molecule has 0 heterocycles. The normalized spacial score (nSPS) is 19.1. The predicted octanol–water partition coefficient (Wildman–Crippen LogP) is 2.19. The molecule has 2 unspecified atom stereocenters. The average Bonchev–Trinajstić information content (AvgIpc) is 3.06. The van der Waals surface area contributed by atoms with Crippen molar-refractivity contribution in [2.75, 3.05) is 13.7 Å². The quantitative estimate of drug-likeness (QED) is 0.649. The van der Waals surface area contributed by atoms with Gasteiger partial charge in [-0.25, -0.2) is 0 Å². The summed E-state index contributed by atoms with van der Waals surface area (Å²) >= 11 is 0. The topological polar surface area (TPSA) is 21.3 Å². The Labute approximate surface area is 93.8 Å². The zero-order chi connectivity index (χ0) is 11.1.